The summed E-state index contributed by atoms with van der Waals surface area (Å²) >= 11 is 5.90. The molecular weight excluding hydrogens is 236 g/mol. The lowest BCUT2D eigenvalue weighted by molar-refractivity contribution is 0.249. The number of hydrogen-bond donors (Lipinski definition) is 2. The number of halogens is 1. The smallest absolute Gasteiger partial charge is 0.121 e. The molecule has 1 unspecified atom stereocenters. The van der Waals surface area contributed by atoms with Crippen LogP contribution in [-0.4, -0.2) is 6.10 Å². The highest BCUT2D eigenvalue weighted by atomic mass is 35.5. The average Bonchev–Trinajstić information content (AvgIpc) is 2.29. The predicted octanol–water partition coefficient (Wildman–Crippen LogP) is 2.78. The van der Waals surface area contributed by atoms with Crippen molar-refractivity contribution >= 4 is 11.6 Å². The molecule has 1 aliphatic rings. The number of ether oxygens (including phenoxy) is 1. The van der Waals surface area contributed by atoms with Gasteiger partial charge in [0.25, 0.3) is 0 Å². The molecule has 0 saturated carbocycles. The Morgan fingerprint density at radius 1 is 1.47 bits per heavy atom. The lowest BCUT2D eigenvalue weighted by Gasteiger charge is -2.21. The number of nitrogens with one attached hydrogen (secondary N) is 1. The van der Waals surface area contributed by atoms with Crippen LogP contribution in [0.15, 0.2) is 47.7 Å². The molecule has 0 radical (unpaired) electrons. The molecule has 4 heteroatoms. The van der Waals surface area contributed by atoms with Gasteiger partial charge in [-0.05, 0) is 36.8 Å². The Hall–Kier alpha value is -1.45. The van der Waals surface area contributed by atoms with E-state index in [1.165, 1.54) is 0 Å². The van der Waals surface area contributed by atoms with E-state index >= 15 is 0 Å². The van der Waals surface area contributed by atoms with Gasteiger partial charge >= 0.3 is 0 Å². The van der Waals surface area contributed by atoms with Crippen LogP contribution >= 0.6 is 11.6 Å². The highest BCUT2D eigenvalue weighted by Crippen LogP contribution is 2.23. The molecular formula is C13H15ClN2O. The summed E-state index contributed by atoms with van der Waals surface area (Å²) in [5.74, 6) is 6.18. The molecule has 90 valence electrons. The van der Waals surface area contributed by atoms with Gasteiger partial charge < -0.3 is 10.2 Å². The van der Waals surface area contributed by atoms with Crippen molar-refractivity contribution in [1.29, 1.82) is 0 Å². The molecule has 1 aliphatic carbocycles. The van der Waals surface area contributed by atoms with Crippen molar-refractivity contribution in [3.05, 3.63) is 52.7 Å². The summed E-state index contributed by atoms with van der Waals surface area (Å²) in [6.45, 7) is 2.00. The van der Waals surface area contributed by atoms with Gasteiger partial charge in [0.05, 0.1) is 0 Å². The van der Waals surface area contributed by atoms with Crippen molar-refractivity contribution in [2.45, 2.75) is 19.4 Å². The molecule has 17 heavy (non-hydrogen) atoms. The summed E-state index contributed by atoms with van der Waals surface area (Å²) in [5.41, 5.74) is 4.71. The van der Waals surface area contributed by atoms with Crippen LogP contribution in [0.1, 0.15) is 13.3 Å². The minimum atomic E-state index is 0.0329. The first-order chi connectivity index (χ1) is 8.19. The Balaban J connectivity index is 2.05. The predicted molar refractivity (Wildman–Crippen MR) is 69.6 cm³/mol. The van der Waals surface area contributed by atoms with Crippen LogP contribution in [0.25, 0.3) is 0 Å². The Kier molecular flexibility index (Phi) is 3.71. The van der Waals surface area contributed by atoms with Gasteiger partial charge in [0, 0.05) is 17.1 Å². The second-order valence-electron chi connectivity index (χ2n) is 3.96. The summed E-state index contributed by atoms with van der Waals surface area (Å²) < 4.78 is 5.83. The number of benzene rings is 1. The van der Waals surface area contributed by atoms with Gasteiger partial charge in [-0.25, -0.2) is 0 Å². The molecule has 1 aromatic rings. The van der Waals surface area contributed by atoms with Crippen molar-refractivity contribution in [2.75, 3.05) is 0 Å². The monoisotopic (exact) mass is 250 g/mol. The molecule has 0 fully saturated rings. The molecule has 0 aliphatic heterocycles. The maximum Gasteiger partial charge on any atom is 0.121 e. The van der Waals surface area contributed by atoms with Gasteiger partial charge in [-0.15, -0.1) is 0 Å². The van der Waals surface area contributed by atoms with Crippen molar-refractivity contribution in [3.63, 3.8) is 0 Å². The minimum absolute atomic E-state index is 0.0329. The van der Waals surface area contributed by atoms with Crippen LogP contribution in [0.3, 0.4) is 0 Å². The van der Waals surface area contributed by atoms with Crippen LogP contribution in [0.5, 0.6) is 5.75 Å². The molecule has 3 nitrogen and oxygen atoms in total. The second-order valence-corrected chi connectivity index (χ2v) is 4.40. The van der Waals surface area contributed by atoms with Crippen molar-refractivity contribution in [3.8, 4) is 5.75 Å². The fourth-order valence-electron chi connectivity index (χ4n) is 1.80. The van der Waals surface area contributed by atoms with Gasteiger partial charge in [0.15, 0.2) is 0 Å². The second kappa shape index (κ2) is 5.25. The maximum absolute atomic E-state index is 5.90. The molecule has 3 N–H and O–H groups in total. The normalized spacial score (nSPS) is 19.4. The number of hydrogen-bond acceptors (Lipinski definition) is 3. The SMILES string of the molecule is CC1=CC(Oc2cccc(Cl)c2)CC=C1NN. The highest BCUT2D eigenvalue weighted by Gasteiger charge is 2.13. The Morgan fingerprint density at radius 3 is 2.94 bits per heavy atom. The van der Waals surface area contributed by atoms with Gasteiger partial charge in [-0.1, -0.05) is 23.7 Å². The zero-order chi connectivity index (χ0) is 12.3. The van der Waals surface area contributed by atoms with E-state index in [9.17, 15) is 0 Å². The first-order valence-corrected chi connectivity index (χ1v) is 5.84. The van der Waals surface area contributed by atoms with Crippen LogP contribution in [-0.2, 0) is 0 Å². The van der Waals surface area contributed by atoms with E-state index in [0.29, 0.717) is 5.02 Å². The highest BCUT2D eigenvalue weighted by molar-refractivity contribution is 6.30. The van der Waals surface area contributed by atoms with E-state index in [4.69, 9.17) is 22.2 Å². The van der Waals surface area contributed by atoms with E-state index in [-0.39, 0.29) is 6.10 Å². The zero-order valence-corrected chi connectivity index (χ0v) is 10.4. The molecule has 0 aromatic heterocycles. The van der Waals surface area contributed by atoms with Crippen LogP contribution < -0.4 is 16.0 Å². The Labute approximate surface area is 106 Å². The Morgan fingerprint density at radius 2 is 2.29 bits per heavy atom. The molecule has 1 atom stereocenters. The van der Waals surface area contributed by atoms with Gasteiger partial charge in [-0.3, -0.25) is 5.84 Å². The topological polar surface area (TPSA) is 47.3 Å². The average molecular weight is 251 g/mol. The molecule has 0 saturated heterocycles. The van der Waals surface area contributed by atoms with Crippen molar-refractivity contribution in [1.82, 2.24) is 5.43 Å². The lowest BCUT2D eigenvalue weighted by Crippen LogP contribution is -2.26. The van der Waals surface area contributed by atoms with E-state index in [1.807, 2.05) is 37.3 Å². The standard InChI is InChI=1S/C13H15ClN2O/c1-9-7-12(5-6-13(9)16-15)17-11-4-2-3-10(14)8-11/h2-4,6-8,12,16H,5,15H2,1H3. The largest absolute Gasteiger partial charge is 0.486 e. The number of nitrogens with two attached hydrogens (primary N) is 1. The molecule has 0 amide bonds. The third-order valence-electron chi connectivity index (χ3n) is 2.65. The summed E-state index contributed by atoms with van der Waals surface area (Å²) in [5, 5.41) is 0.680. The number of rotatable bonds is 3. The van der Waals surface area contributed by atoms with E-state index in [1.54, 1.807) is 0 Å². The molecule has 0 bridgehead atoms. The van der Waals surface area contributed by atoms with Gasteiger partial charge in [0.1, 0.15) is 11.9 Å². The quantitative estimate of drug-likeness (QED) is 0.641. The van der Waals surface area contributed by atoms with E-state index < -0.39 is 0 Å². The first-order valence-electron chi connectivity index (χ1n) is 5.47. The Bertz CT molecular complexity index is 468. The van der Waals surface area contributed by atoms with Crippen LogP contribution in [0.4, 0.5) is 0 Å². The molecule has 1 aromatic carbocycles. The summed E-state index contributed by atoms with van der Waals surface area (Å²) in [6.07, 6.45) is 4.91. The fourth-order valence-corrected chi connectivity index (χ4v) is 1.98. The van der Waals surface area contributed by atoms with E-state index in [0.717, 1.165) is 23.4 Å². The lowest BCUT2D eigenvalue weighted by atomic mass is 10.0. The molecule has 0 heterocycles. The fraction of sp³-hybridized carbons (Fsp3) is 0.231. The zero-order valence-electron chi connectivity index (χ0n) is 9.61. The van der Waals surface area contributed by atoms with Crippen molar-refractivity contribution < 1.29 is 4.74 Å². The van der Waals surface area contributed by atoms with E-state index in [2.05, 4.69) is 11.5 Å². The first kappa shape index (κ1) is 12.0. The molecule has 0 spiro atoms. The molecule has 2 rings (SSSR count). The third-order valence-corrected chi connectivity index (χ3v) is 2.89. The number of hydrazine groups is 1. The van der Waals surface area contributed by atoms with Crippen molar-refractivity contribution in [2.24, 2.45) is 5.84 Å². The van der Waals surface area contributed by atoms with Gasteiger partial charge in [0.2, 0.25) is 0 Å². The van der Waals surface area contributed by atoms with Gasteiger partial charge in [-0.2, -0.15) is 0 Å². The van der Waals surface area contributed by atoms with Crippen LogP contribution in [0, 0.1) is 0 Å². The third kappa shape index (κ3) is 3.02. The maximum atomic E-state index is 5.90. The summed E-state index contributed by atoms with van der Waals surface area (Å²) in [7, 11) is 0. The van der Waals surface area contributed by atoms with Crippen LogP contribution in [0.2, 0.25) is 5.02 Å². The summed E-state index contributed by atoms with van der Waals surface area (Å²) in [4.78, 5) is 0. The summed E-state index contributed by atoms with van der Waals surface area (Å²) in [6, 6.07) is 7.41. The number of allylic oxidation sites excluding steroid dienone is 1. The minimum Gasteiger partial charge on any atom is -0.486 e.